The van der Waals surface area contributed by atoms with E-state index in [9.17, 15) is 0 Å². The molecule has 0 spiro atoms. The molecule has 0 unspecified atom stereocenters. The lowest BCUT2D eigenvalue weighted by Crippen LogP contribution is -2.04. The van der Waals surface area contributed by atoms with Gasteiger partial charge in [-0.25, -0.2) is 9.97 Å². The molecule has 1 heterocycles. The lowest BCUT2D eigenvalue weighted by Gasteiger charge is -2.13. The fourth-order valence-corrected chi connectivity index (χ4v) is 3.20. The number of hydrogen-bond acceptors (Lipinski definition) is 4. The zero-order valence-corrected chi connectivity index (χ0v) is 14.3. The molecule has 0 atom stereocenters. The monoisotopic (exact) mass is 301 g/mol. The summed E-state index contributed by atoms with van der Waals surface area (Å²) in [6, 6.07) is 6.54. The van der Waals surface area contributed by atoms with Crippen molar-refractivity contribution in [3.8, 4) is 0 Å². The number of aryl methyl sites for hydroxylation is 3. The van der Waals surface area contributed by atoms with E-state index in [2.05, 4.69) is 56.2 Å². The summed E-state index contributed by atoms with van der Waals surface area (Å²) in [7, 11) is 1.91. The van der Waals surface area contributed by atoms with E-state index in [4.69, 9.17) is 4.98 Å². The maximum Gasteiger partial charge on any atom is 0.133 e. The predicted octanol–water partition coefficient (Wildman–Crippen LogP) is 4.55. The molecule has 0 aliphatic carbocycles. The van der Waals surface area contributed by atoms with E-state index in [1.807, 2.05) is 7.05 Å². The Morgan fingerprint density at radius 1 is 1.14 bits per heavy atom. The number of nitrogens with zero attached hydrogens (tertiary/aromatic N) is 2. The minimum absolute atomic E-state index is 0.912. The molecule has 0 bridgehead atoms. The van der Waals surface area contributed by atoms with Crippen LogP contribution in [0.2, 0.25) is 0 Å². The van der Waals surface area contributed by atoms with Crippen LogP contribution in [0.4, 0.5) is 5.82 Å². The van der Waals surface area contributed by atoms with Crippen LogP contribution in [0.25, 0.3) is 0 Å². The molecule has 112 valence electrons. The predicted molar refractivity (Wildman–Crippen MR) is 90.3 cm³/mol. The molecular formula is C17H23N3S. The first-order valence-corrected chi connectivity index (χ1v) is 8.17. The molecule has 0 radical (unpaired) electrons. The van der Waals surface area contributed by atoms with E-state index in [0.717, 1.165) is 35.1 Å². The summed E-state index contributed by atoms with van der Waals surface area (Å²) in [5, 5.41) is 4.23. The molecule has 0 aliphatic rings. The summed E-state index contributed by atoms with van der Waals surface area (Å²) >= 11 is 1.73. The third kappa shape index (κ3) is 3.76. The van der Waals surface area contributed by atoms with Crippen LogP contribution in [-0.2, 0) is 6.42 Å². The summed E-state index contributed by atoms with van der Waals surface area (Å²) < 4.78 is 0. The molecule has 21 heavy (non-hydrogen) atoms. The quantitative estimate of drug-likeness (QED) is 0.822. The molecule has 0 amide bonds. The van der Waals surface area contributed by atoms with Gasteiger partial charge in [0.05, 0.1) is 0 Å². The Bertz CT molecular complexity index is 638. The van der Waals surface area contributed by atoms with E-state index in [1.54, 1.807) is 11.8 Å². The van der Waals surface area contributed by atoms with Crippen LogP contribution in [0.3, 0.4) is 0 Å². The van der Waals surface area contributed by atoms with Crippen LogP contribution in [0.1, 0.15) is 35.9 Å². The van der Waals surface area contributed by atoms with Crippen molar-refractivity contribution in [2.75, 3.05) is 12.4 Å². The molecule has 1 aromatic carbocycles. The lowest BCUT2D eigenvalue weighted by molar-refractivity contribution is 0.804. The van der Waals surface area contributed by atoms with Crippen LogP contribution < -0.4 is 5.32 Å². The topological polar surface area (TPSA) is 37.8 Å². The van der Waals surface area contributed by atoms with E-state index in [0.29, 0.717) is 0 Å². The first-order chi connectivity index (χ1) is 10.0. The highest BCUT2D eigenvalue weighted by Crippen LogP contribution is 2.33. The Kier molecular flexibility index (Phi) is 5.23. The maximum atomic E-state index is 4.74. The van der Waals surface area contributed by atoms with Crippen molar-refractivity contribution < 1.29 is 0 Å². The van der Waals surface area contributed by atoms with E-state index >= 15 is 0 Å². The Hall–Kier alpha value is -1.55. The van der Waals surface area contributed by atoms with Crippen molar-refractivity contribution in [3.05, 3.63) is 40.7 Å². The molecule has 0 saturated heterocycles. The van der Waals surface area contributed by atoms with Crippen LogP contribution in [0.5, 0.6) is 0 Å². The van der Waals surface area contributed by atoms with Crippen molar-refractivity contribution in [1.82, 2.24) is 9.97 Å². The molecule has 0 fully saturated rings. The van der Waals surface area contributed by atoms with Crippen LogP contribution in [0, 0.1) is 20.8 Å². The van der Waals surface area contributed by atoms with Crippen molar-refractivity contribution in [3.63, 3.8) is 0 Å². The van der Waals surface area contributed by atoms with Gasteiger partial charge in [-0.15, -0.1) is 0 Å². The van der Waals surface area contributed by atoms with E-state index in [1.165, 1.54) is 16.0 Å². The molecule has 0 aliphatic heterocycles. The molecule has 2 rings (SSSR count). The molecule has 0 saturated carbocycles. The zero-order valence-electron chi connectivity index (χ0n) is 13.4. The third-order valence-corrected chi connectivity index (χ3v) is 4.66. The van der Waals surface area contributed by atoms with Gasteiger partial charge in [0, 0.05) is 23.9 Å². The third-order valence-electron chi connectivity index (χ3n) is 3.39. The zero-order chi connectivity index (χ0) is 15.4. The highest BCUT2D eigenvalue weighted by Gasteiger charge is 2.12. The van der Waals surface area contributed by atoms with Crippen molar-refractivity contribution in [2.24, 2.45) is 0 Å². The van der Waals surface area contributed by atoms with Gasteiger partial charge in [0.25, 0.3) is 0 Å². The van der Waals surface area contributed by atoms with Gasteiger partial charge in [0.15, 0.2) is 0 Å². The van der Waals surface area contributed by atoms with E-state index < -0.39 is 0 Å². The molecule has 4 heteroatoms. The Labute approximate surface area is 131 Å². The fourth-order valence-electron chi connectivity index (χ4n) is 2.24. The van der Waals surface area contributed by atoms with Crippen molar-refractivity contribution in [2.45, 2.75) is 50.5 Å². The van der Waals surface area contributed by atoms with Gasteiger partial charge in [-0.3, -0.25) is 0 Å². The standard InChI is InChI=1S/C17H23N3S/c1-6-7-15-19-16(18-5)13(4)17(20-15)21-14-9-8-11(2)10-12(14)3/h8-10H,6-7H2,1-5H3,(H,18,19,20). The van der Waals surface area contributed by atoms with Gasteiger partial charge in [-0.1, -0.05) is 36.4 Å². The number of rotatable bonds is 5. The highest BCUT2D eigenvalue weighted by atomic mass is 32.2. The highest BCUT2D eigenvalue weighted by molar-refractivity contribution is 7.99. The van der Waals surface area contributed by atoms with E-state index in [-0.39, 0.29) is 0 Å². The average Bonchev–Trinajstić information content (AvgIpc) is 2.45. The minimum atomic E-state index is 0.912. The first kappa shape index (κ1) is 15.8. The Morgan fingerprint density at radius 2 is 1.90 bits per heavy atom. The average molecular weight is 301 g/mol. The Morgan fingerprint density at radius 3 is 2.52 bits per heavy atom. The van der Waals surface area contributed by atoms with Gasteiger partial charge in [-0.05, 0) is 38.8 Å². The van der Waals surface area contributed by atoms with Crippen molar-refractivity contribution in [1.29, 1.82) is 0 Å². The molecule has 1 aromatic heterocycles. The summed E-state index contributed by atoms with van der Waals surface area (Å²) in [5.41, 5.74) is 3.70. The smallest absolute Gasteiger partial charge is 0.133 e. The second-order valence-corrected chi connectivity index (χ2v) is 6.32. The molecule has 3 nitrogen and oxygen atoms in total. The number of anilines is 1. The molecule has 1 N–H and O–H groups in total. The second kappa shape index (κ2) is 6.94. The van der Waals surface area contributed by atoms with Gasteiger partial charge < -0.3 is 5.32 Å². The number of aromatic nitrogens is 2. The lowest BCUT2D eigenvalue weighted by atomic mass is 10.2. The summed E-state index contributed by atoms with van der Waals surface area (Å²) in [6.07, 6.45) is 1.97. The van der Waals surface area contributed by atoms with Crippen LogP contribution in [0.15, 0.2) is 28.1 Å². The van der Waals surface area contributed by atoms with Crippen LogP contribution in [-0.4, -0.2) is 17.0 Å². The van der Waals surface area contributed by atoms with Crippen LogP contribution >= 0.6 is 11.8 Å². The van der Waals surface area contributed by atoms with Gasteiger partial charge in [0.1, 0.15) is 16.7 Å². The van der Waals surface area contributed by atoms with Gasteiger partial charge in [0.2, 0.25) is 0 Å². The second-order valence-electron chi connectivity index (χ2n) is 5.29. The first-order valence-electron chi connectivity index (χ1n) is 7.35. The minimum Gasteiger partial charge on any atom is -0.373 e. The largest absolute Gasteiger partial charge is 0.373 e. The number of benzene rings is 1. The SMILES string of the molecule is CCCc1nc(NC)c(C)c(Sc2ccc(C)cc2C)n1. The Balaban J connectivity index is 2.40. The van der Waals surface area contributed by atoms with Crippen molar-refractivity contribution >= 4 is 17.6 Å². The molecular weight excluding hydrogens is 278 g/mol. The maximum absolute atomic E-state index is 4.74. The summed E-state index contributed by atoms with van der Waals surface area (Å²) in [4.78, 5) is 10.6. The summed E-state index contributed by atoms with van der Waals surface area (Å²) in [6.45, 7) is 8.50. The molecule has 2 aromatic rings. The normalized spacial score (nSPS) is 10.7. The number of hydrogen-bond donors (Lipinski definition) is 1. The summed E-state index contributed by atoms with van der Waals surface area (Å²) in [5.74, 6) is 1.85. The fraction of sp³-hybridized carbons (Fsp3) is 0.412. The number of nitrogens with one attached hydrogen (secondary N) is 1. The van der Waals surface area contributed by atoms with Gasteiger partial charge in [-0.2, -0.15) is 0 Å². The van der Waals surface area contributed by atoms with Gasteiger partial charge >= 0.3 is 0 Å².